The molecule has 0 saturated heterocycles. The Morgan fingerprint density at radius 3 is 1.67 bits per heavy atom. The second-order valence-electron chi connectivity index (χ2n) is 3.37. The number of rotatable bonds is 0. The van der Waals surface area contributed by atoms with Crippen LogP contribution in [-0.4, -0.2) is 4.98 Å². The van der Waals surface area contributed by atoms with Crippen molar-refractivity contribution in [2.45, 2.75) is 0 Å². The van der Waals surface area contributed by atoms with Gasteiger partial charge >= 0.3 is 0 Å². The quantitative estimate of drug-likeness (QED) is 0.506. The molecule has 0 radical (unpaired) electrons. The molecule has 15 heavy (non-hydrogen) atoms. The first-order valence-corrected chi connectivity index (χ1v) is 4.68. The molecule has 0 saturated carbocycles. The van der Waals surface area contributed by atoms with E-state index in [1.54, 1.807) is 0 Å². The predicted molar refractivity (Wildman–Crippen MR) is 59.2 cm³/mol. The molecule has 0 aliphatic carbocycles. The van der Waals surface area contributed by atoms with Gasteiger partial charge in [0.25, 0.3) is 0 Å². The summed E-state index contributed by atoms with van der Waals surface area (Å²) in [4.78, 5) is 4.58. The van der Waals surface area contributed by atoms with Crippen LogP contribution in [0.1, 0.15) is 0 Å². The molecule has 0 fully saturated rings. The third-order valence-electron chi connectivity index (χ3n) is 2.43. The van der Waals surface area contributed by atoms with Crippen LogP contribution in [0.2, 0.25) is 0 Å². The van der Waals surface area contributed by atoms with Crippen LogP contribution >= 0.6 is 0 Å². The molecule has 0 atom stereocenters. The molecule has 0 aliphatic rings. The zero-order valence-electron chi connectivity index (χ0n) is 8.00. The van der Waals surface area contributed by atoms with Crippen LogP contribution < -0.4 is 0 Å². The first-order valence-electron chi connectivity index (χ1n) is 4.68. The minimum Gasteiger partial charge on any atom is -0.248 e. The molecular formula is C13H9NNe. The average Bonchev–Trinajstić information content (AvgIpc) is 2.26. The largest absolute Gasteiger partial charge is 0.248 e. The van der Waals surface area contributed by atoms with Crippen molar-refractivity contribution >= 4 is 21.8 Å². The first-order chi connectivity index (χ1) is 6.93. The molecule has 3 rings (SSSR count). The number of hydrogen-bond acceptors (Lipinski definition) is 1. The number of nitrogens with zero attached hydrogens (tertiary/aromatic N) is 1. The molecule has 0 bridgehead atoms. The zero-order valence-corrected chi connectivity index (χ0v) is 8.00. The Bertz CT molecular complexity index is 499. The van der Waals surface area contributed by atoms with Crippen molar-refractivity contribution in [3.63, 3.8) is 0 Å². The fraction of sp³-hybridized carbons (Fsp3) is 0. The van der Waals surface area contributed by atoms with E-state index in [4.69, 9.17) is 0 Å². The smallest absolute Gasteiger partial charge is 0.0709 e. The van der Waals surface area contributed by atoms with Crippen LogP contribution in [0.5, 0.6) is 0 Å². The Morgan fingerprint density at radius 1 is 0.667 bits per heavy atom. The van der Waals surface area contributed by atoms with E-state index in [9.17, 15) is 0 Å². The van der Waals surface area contributed by atoms with Crippen LogP contribution in [0.4, 0.5) is 0 Å². The number of hydrogen-bond donors (Lipinski definition) is 0. The van der Waals surface area contributed by atoms with E-state index in [1.807, 2.05) is 36.4 Å². The van der Waals surface area contributed by atoms with Gasteiger partial charge in [0.1, 0.15) is 0 Å². The summed E-state index contributed by atoms with van der Waals surface area (Å²) >= 11 is 0. The van der Waals surface area contributed by atoms with Crippen LogP contribution in [0.25, 0.3) is 21.8 Å². The zero-order chi connectivity index (χ0) is 9.38. The average molecular weight is 199 g/mol. The Morgan fingerprint density at radius 2 is 1.13 bits per heavy atom. The van der Waals surface area contributed by atoms with Gasteiger partial charge < -0.3 is 0 Å². The maximum atomic E-state index is 4.58. The summed E-state index contributed by atoms with van der Waals surface area (Å²) in [6.45, 7) is 0. The summed E-state index contributed by atoms with van der Waals surface area (Å²) in [6, 6.07) is 18.6. The van der Waals surface area contributed by atoms with Gasteiger partial charge in [0, 0.05) is 16.9 Å². The molecule has 0 amide bonds. The van der Waals surface area contributed by atoms with Gasteiger partial charge in [-0.2, -0.15) is 0 Å². The van der Waals surface area contributed by atoms with Gasteiger partial charge in [0.15, 0.2) is 0 Å². The van der Waals surface area contributed by atoms with E-state index in [1.165, 1.54) is 10.8 Å². The van der Waals surface area contributed by atoms with Crippen LogP contribution in [0.15, 0.2) is 54.6 Å². The first kappa shape index (κ1) is 9.57. The molecule has 0 spiro atoms. The molecule has 74 valence electrons. The van der Waals surface area contributed by atoms with Gasteiger partial charge in [0.2, 0.25) is 0 Å². The number of benzene rings is 2. The number of aromatic nitrogens is 1. The second kappa shape index (κ2) is 3.64. The van der Waals surface area contributed by atoms with E-state index >= 15 is 0 Å². The van der Waals surface area contributed by atoms with E-state index in [0.29, 0.717) is 0 Å². The molecule has 2 heteroatoms. The fourth-order valence-corrected chi connectivity index (χ4v) is 1.72. The summed E-state index contributed by atoms with van der Waals surface area (Å²) in [5, 5.41) is 2.40. The Hall–Kier alpha value is -1.98. The molecule has 1 heterocycles. The van der Waals surface area contributed by atoms with Gasteiger partial charge in [-0.3, -0.25) is 0 Å². The molecule has 0 unspecified atom stereocenters. The molecular weight excluding hydrogens is 190 g/mol. The SMILES string of the molecule is [Ne].c1ccc2nc3ccccc3cc2c1. The molecule has 2 aromatic carbocycles. The van der Waals surface area contributed by atoms with Crippen molar-refractivity contribution in [2.75, 3.05) is 0 Å². The van der Waals surface area contributed by atoms with Crippen molar-refractivity contribution < 1.29 is 6.15 Å². The summed E-state index contributed by atoms with van der Waals surface area (Å²) in [5.41, 5.74) is 2.12. The maximum Gasteiger partial charge on any atom is 0.0709 e. The molecule has 0 aliphatic heterocycles. The predicted octanol–water partition coefficient (Wildman–Crippen LogP) is 3.39. The normalized spacial score (nSPS) is 10.1. The molecule has 1 aromatic heterocycles. The molecule has 3 aromatic rings. The maximum absolute atomic E-state index is 4.58. The van der Waals surface area contributed by atoms with Gasteiger partial charge in [-0.15, -0.1) is 0 Å². The van der Waals surface area contributed by atoms with Crippen molar-refractivity contribution in [1.29, 1.82) is 0 Å². The molecule has 0 N–H and O–H groups in total. The van der Waals surface area contributed by atoms with Crippen LogP contribution in [-0.2, 0) is 0 Å². The van der Waals surface area contributed by atoms with E-state index in [2.05, 4.69) is 23.2 Å². The summed E-state index contributed by atoms with van der Waals surface area (Å²) < 4.78 is 0. The number of pyridine rings is 1. The van der Waals surface area contributed by atoms with Crippen LogP contribution in [0, 0.1) is 6.15 Å². The van der Waals surface area contributed by atoms with Crippen molar-refractivity contribution in [3.05, 3.63) is 54.6 Å². The van der Waals surface area contributed by atoms with Gasteiger partial charge in [0.05, 0.1) is 11.0 Å². The standard InChI is InChI=1S/C13H9N.Ne/c1-3-7-12-10(5-1)9-11-6-2-4-8-13(11)14-12;/h1-9H;. The van der Waals surface area contributed by atoms with E-state index in [0.717, 1.165) is 11.0 Å². The van der Waals surface area contributed by atoms with E-state index in [-0.39, 0.29) is 6.15 Å². The van der Waals surface area contributed by atoms with Crippen molar-refractivity contribution in [3.8, 4) is 0 Å². The Kier molecular flexibility index (Phi) is 2.32. The minimum absolute atomic E-state index is 0. The third-order valence-corrected chi connectivity index (χ3v) is 2.43. The Labute approximate surface area is 88.2 Å². The van der Waals surface area contributed by atoms with Crippen LogP contribution in [0.3, 0.4) is 0 Å². The second-order valence-corrected chi connectivity index (χ2v) is 3.37. The van der Waals surface area contributed by atoms with Gasteiger partial charge in [-0.05, 0) is 18.2 Å². The van der Waals surface area contributed by atoms with Gasteiger partial charge in [-0.1, -0.05) is 36.4 Å². The van der Waals surface area contributed by atoms with Crippen molar-refractivity contribution in [2.24, 2.45) is 0 Å². The van der Waals surface area contributed by atoms with Gasteiger partial charge in [-0.25, -0.2) is 4.98 Å². The number of para-hydroxylation sites is 2. The molecule has 1 nitrogen and oxygen atoms in total. The number of fused-ring (bicyclic) bond motifs is 2. The Balaban J connectivity index is 0.000000853. The topological polar surface area (TPSA) is 12.9 Å². The monoisotopic (exact) mass is 199 g/mol. The summed E-state index contributed by atoms with van der Waals surface area (Å²) in [6.07, 6.45) is 0. The van der Waals surface area contributed by atoms with E-state index < -0.39 is 0 Å². The minimum atomic E-state index is 0. The summed E-state index contributed by atoms with van der Waals surface area (Å²) in [7, 11) is 0. The fourth-order valence-electron chi connectivity index (χ4n) is 1.72. The third kappa shape index (κ3) is 1.54. The summed E-state index contributed by atoms with van der Waals surface area (Å²) in [5.74, 6) is 0. The van der Waals surface area contributed by atoms with Crippen molar-refractivity contribution in [1.82, 2.24) is 4.98 Å².